The van der Waals surface area contributed by atoms with Crippen LogP contribution in [-0.4, -0.2) is 32.8 Å². The molecular weight excluding hydrogens is 402 g/mol. The van der Waals surface area contributed by atoms with Crippen LogP contribution in [0.3, 0.4) is 0 Å². The zero-order valence-corrected chi connectivity index (χ0v) is 18.6. The van der Waals surface area contributed by atoms with Gasteiger partial charge in [-0.3, -0.25) is 4.79 Å². The van der Waals surface area contributed by atoms with Crippen LogP contribution >= 0.6 is 11.6 Å². The summed E-state index contributed by atoms with van der Waals surface area (Å²) in [5.41, 5.74) is 1.15. The highest BCUT2D eigenvalue weighted by Gasteiger charge is 2.41. The van der Waals surface area contributed by atoms with Crippen molar-refractivity contribution in [2.24, 2.45) is 0 Å². The number of ether oxygens (including phenoxy) is 3. The summed E-state index contributed by atoms with van der Waals surface area (Å²) in [4.78, 5) is 13.5. The molecule has 1 saturated carbocycles. The average molecular weight is 432 g/mol. The third-order valence-corrected chi connectivity index (χ3v) is 6.00. The van der Waals surface area contributed by atoms with Crippen LogP contribution in [0.15, 0.2) is 42.5 Å². The van der Waals surface area contributed by atoms with Gasteiger partial charge in [-0.1, -0.05) is 43.0 Å². The molecule has 162 valence electrons. The second-order valence-corrected chi connectivity index (χ2v) is 8.26. The molecule has 30 heavy (non-hydrogen) atoms. The Kier molecular flexibility index (Phi) is 7.62. The summed E-state index contributed by atoms with van der Waals surface area (Å²) in [6.07, 6.45) is 4.76. The monoisotopic (exact) mass is 431 g/mol. The maximum absolute atomic E-state index is 13.5. The fraction of sp³-hybridized carbons (Fsp3) is 0.458. The van der Waals surface area contributed by atoms with E-state index in [1.165, 1.54) is 0 Å². The van der Waals surface area contributed by atoms with Gasteiger partial charge in [-0.25, -0.2) is 0 Å². The molecule has 2 aromatic carbocycles. The van der Waals surface area contributed by atoms with Crippen molar-refractivity contribution in [3.63, 3.8) is 0 Å². The van der Waals surface area contributed by atoms with Gasteiger partial charge in [0.15, 0.2) is 0 Å². The number of hydrogen-bond donors (Lipinski definition) is 1. The Bertz CT molecular complexity index is 847. The molecule has 1 N–H and O–H groups in total. The van der Waals surface area contributed by atoms with Crippen molar-refractivity contribution in [2.75, 3.05) is 26.1 Å². The smallest absolute Gasteiger partial charge is 0.235 e. The number of nitrogens with one attached hydrogen (secondary N) is 1. The maximum Gasteiger partial charge on any atom is 0.235 e. The van der Waals surface area contributed by atoms with Crippen molar-refractivity contribution in [2.45, 2.75) is 50.5 Å². The van der Waals surface area contributed by atoms with Crippen molar-refractivity contribution in [3.05, 3.63) is 53.1 Å². The van der Waals surface area contributed by atoms with E-state index in [-0.39, 0.29) is 12.0 Å². The third kappa shape index (κ3) is 5.08. The predicted molar refractivity (Wildman–Crippen MR) is 120 cm³/mol. The summed E-state index contributed by atoms with van der Waals surface area (Å²) < 4.78 is 16.2. The van der Waals surface area contributed by atoms with E-state index in [4.69, 9.17) is 25.8 Å². The normalized spacial score (nSPS) is 16.5. The highest BCUT2D eigenvalue weighted by atomic mass is 35.5. The van der Waals surface area contributed by atoms with Crippen molar-refractivity contribution in [3.8, 4) is 11.5 Å². The zero-order chi connectivity index (χ0) is 21.6. The Morgan fingerprint density at radius 3 is 2.40 bits per heavy atom. The molecule has 1 aliphatic rings. The highest BCUT2D eigenvalue weighted by molar-refractivity contribution is 6.32. The van der Waals surface area contributed by atoms with Gasteiger partial charge in [0.1, 0.15) is 17.6 Å². The van der Waals surface area contributed by atoms with E-state index in [2.05, 4.69) is 5.32 Å². The summed E-state index contributed by atoms with van der Waals surface area (Å²) in [6, 6.07) is 13.2. The largest absolute Gasteiger partial charge is 0.497 e. The molecule has 0 saturated heterocycles. The van der Waals surface area contributed by atoms with Crippen LogP contribution in [0.1, 0.15) is 44.6 Å². The van der Waals surface area contributed by atoms with Gasteiger partial charge in [0.25, 0.3) is 0 Å². The molecular formula is C24H30ClNO4. The first-order valence-corrected chi connectivity index (χ1v) is 10.8. The van der Waals surface area contributed by atoms with Crippen LogP contribution in [0, 0.1) is 0 Å². The van der Waals surface area contributed by atoms with Gasteiger partial charge in [-0.15, -0.1) is 0 Å². The third-order valence-electron chi connectivity index (χ3n) is 5.70. The SMILES string of the molecule is COC[C@H](C)Oc1ccc(NC(=O)C2(c3ccc(OC)cc3)CCCCC2)cc1Cl. The predicted octanol–water partition coefficient (Wildman–Crippen LogP) is 5.60. The van der Waals surface area contributed by atoms with E-state index in [1.54, 1.807) is 26.4 Å². The Labute approximate surface area is 183 Å². The maximum atomic E-state index is 13.5. The molecule has 1 aliphatic carbocycles. The van der Waals surface area contributed by atoms with Crippen LogP contribution in [0.4, 0.5) is 5.69 Å². The molecule has 0 spiro atoms. The van der Waals surface area contributed by atoms with Gasteiger partial charge in [-0.05, 0) is 55.7 Å². The molecule has 0 unspecified atom stereocenters. The lowest BCUT2D eigenvalue weighted by Gasteiger charge is -2.36. The minimum absolute atomic E-state index is 0.00449. The van der Waals surface area contributed by atoms with E-state index in [9.17, 15) is 4.79 Å². The van der Waals surface area contributed by atoms with E-state index in [1.807, 2.05) is 37.3 Å². The topological polar surface area (TPSA) is 56.8 Å². The van der Waals surface area contributed by atoms with Gasteiger partial charge in [0.05, 0.1) is 24.2 Å². The average Bonchev–Trinajstić information content (AvgIpc) is 2.76. The summed E-state index contributed by atoms with van der Waals surface area (Å²) in [5.74, 6) is 1.36. The molecule has 0 bridgehead atoms. The number of benzene rings is 2. The van der Waals surface area contributed by atoms with Crippen molar-refractivity contribution >= 4 is 23.2 Å². The number of halogens is 1. The molecule has 0 radical (unpaired) electrons. The fourth-order valence-corrected chi connectivity index (χ4v) is 4.35. The molecule has 1 amide bonds. The summed E-state index contributed by atoms with van der Waals surface area (Å²) in [6.45, 7) is 2.39. The molecule has 0 aromatic heterocycles. The van der Waals surface area contributed by atoms with E-state index in [0.717, 1.165) is 43.4 Å². The summed E-state index contributed by atoms with van der Waals surface area (Å²) in [5, 5.41) is 3.55. The number of carbonyl (C=O) groups is 1. The molecule has 2 aromatic rings. The molecule has 1 atom stereocenters. The van der Waals surface area contributed by atoms with Crippen LogP contribution in [0.25, 0.3) is 0 Å². The summed E-state index contributed by atoms with van der Waals surface area (Å²) in [7, 11) is 3.27. The van der Waals surface area contributed by atoms with Crippen LogP contribution in [0.5, 0.6) is 11.5 Å². The number of methoxy groups -OCH3 is 2. The number of hydrogen-bond acceptors (Lipinski definition) is 4. The molecule has 0 aliphatic heterocycles. The van der Waals surface area contributed by atoms with Gasteiger partial charge in [0.2, 0.25) is 5.91 Å². The second-order valence-electron chi connectivity index (χ2n) is 7.85. The fourth-order valence-electron chi connectivity index (χ4n) is 4.12. The van der Waals surface area contributed by atoms with Crippen molar-refractivity contribution in [1.29, 1.82) is 0 Å². The molecule has 5 nitrogen and oxygen atoms in total. The first kappa shape index (κ1) is 22.4. The minimum atomic E-state index is -0.543. The lowest BCUT2D eigenvalue weighted by molar-refractivity contribution is -0.122. The Morgan fingerprint density at radius 1 is 1.10 bits per heavy atom. The van der Waals surface area contributed by atoms with Gasteiger partial charge in [0, 0.05) is 12.8 Å². The highest BCUT2D eigenvalue weighted by Crippen LogP contribution is 2.41. The Morgan fingerprint density at radius 2 is 1.80 bits per heavy atom. The molecule has 3 rings (SSSR count). The van der Waals surface area contributed by atoms with Gasteiger partial charge < -0.3 is 19.5 Å². The first-order chi connectivity index (χ1) is 14.5. The Hall–Kier alpha value is -2.24. The van der Waals surface area contributed by atoms with E-state index in [0.29, 0.717) is 23.1 Å². The first-order valence-electron chi connectivity index (χ1n) is 10.4. The lowest BCUT2D eigenvalue weighted by Crippen LogP contribution is -2.42. The summed E-state index contributed by atoms with van der Waals surface area (Å²) >= 11 is 6.40. The minimum Gasteiger partial charge on any atom is -0.497 e. The Balaban J connectivity index is 1.79. The van der Waals surface area contributed by atoms with E-state index < -0.39 is 5.41 Å². The molecule has 0 heterocycles. The number of carbonyl (C=O) groups excluding carboxylic acids is 1. The zero-order valence-electron chi connectivity index (χ0n) is 17.9. The molecule has 6 heteroatoms. The second kappa shape index (κ2) is 10.2. The van der Waals surface area contributed by atoms with Crippen LogP contribution in [0.2, 0.25) is 5.02 Å². The number of amides is 1. The van der Waals surface area contributed by atoms with Crippen LogP contribution in [-0.2, 0) is 14.9 Å². The van der Waals surface area contributed by atoms with Crippen molar-refractivity contribution in [1.82, 2.24) is 0 Å². The van der Waals surface area contributed by atoms with Crippen molar-refractivity contribution < 1.29 is 19.0 Å². The lowest BCUT2D eigenvalue weighted by atomic mass is 9.68. The number of rotatable bonds is 8. The standard InChI is InChI=1S/C24H30ClNO4/c1-17(16-28-2)30-22-12-9-19(15-21(22)25)26-23(27)24(13-5-4-6-14-24)18-7-10-20(29-3)11-8-18/h7-12,15,17H,4-6,13-14,16H2,1-3H3,(H,26,27)/t17-/m0/s1. The quantitative estimate of drug-likeness (QED) is 0.590. The number of anilines is 1. The molecule has 1 fully saturated rings. The van der Waals surface area contributed by atoms with E-state index >= 15 is 0 Å². The van der Waals surface area contributed by atoms with Gasteiger partial charge >= 0.3 is 0 Å². The van der Waals surface area contributed by atoms with Gasteiger partial charge in [-0.2, -0.15) is 0 Å². The van der Waals surface area contributed by atoms with Crippen LogP contribution < -0.4 is 14.8 Å².